The number of aromatic nitrogens is 1. The van der Waals surface area contributed by atoms with Gasteiger partial charge in [0.2, 0.25) is 0 Å². The minimum Gasteiger partial charge on any atom is -1.00 e. The number of hydrogen-bond donors (Lipinski definition) is 0. The van der Waals surface area contributed by atoms with E-state index in [2.05, 4.69) is 11.5 Å². The highest BCUT2D eigenvalue weighted by Gasteiger charge is 2.16. The predicted molar refractivity (Wildman–Crippen MR) is 140 cm³/mol. The molecule has 6 heteroatoms. The zero-order valence-corrected chi connectivity index (χ0v) is 23.7. The van der Waals surface area contributed by atoms with E-state index in [1.165, 1.54) is 83.5 Å². The van der Waals surface area contributed by atoms with Crippen LogP contribution in [0.15, 0.2) is 30.6 Å². The summed E-state index contributed by atoms with van der Waals surface area (Å²) in [7, 11) is 1.65. The van der Waals surface area contributed by atoms with E-state index >= 15 is 0 Å². The number of pyridine rings is 1. The minimum atomic E-state index is -0.109. The Balaban J connectivity index is 0.000000642. The zero-order valence-electron chi connectivity index (χ0n) is 22.9. The highest BCUT2D eigenvalue weighted by Crippen LogP contribution is 2.19. The molecule has 0 N–H and O–H groups in total. The van der Waals surface area contributed by atoms with Gasteiger partial charge in [0, 0.05) is 25.8 Å². The summed E-state index contributed by atoms with van der Waals surface area (Å²) in [4.78, 5) is 0. The molecule has 1 saturated heterocycles. The highest BCUT2D eigenvalue weighted by atomic mass is 35.5. The molecule has 0 spiro atoms. The Labute approximate surface area is 222 Å². The van der Waals surface area contributed by atoms with Crippen molar-refractivity contribution in [2.75, 3.05) is 33.5 Å². The van der Waals surface area contributed by atoms with Crippen LogP contribution in [-0.4, -0.2) is 45.9 Å². The number of ether oxygens (including phenoxy) is 4. The van der Waals surface area contributed by atoms with Crippen LogP contribution in [0, 0.1) is 0 Å². The summed E-state index contributed by atoms with van der Waals surface area (Å²) in [5.74, 6) is 0. The molecule has 35 heavy (non-hydrogen) atoms. The first-order valence-electron chi connectivity index (χ1n) is 14.1. The van der Waals surface area contributed by atoms with E-state index in [9.17, 15) is 0 Å². The van der Waals surface area contributed by atoms with Crippen molar-refractivity contribution < 1.29 is 35.9 Å². The molecule has 0 radical (unpaired) electrons. The molecule has 2 heterocycles. The smallest absolute Gasteiger partial charge is 0.171 e. The van der Waals surface area contributed by atoms with E-state index in [4.69, 9.17) is 18.9 Å². The van der Waals surface area contributed by atoms with Gasteiger partial charge >= 0.3 is 0 Å². The quantitative estimate of drug-likeness (QED) is 0.141. The average molecular weight is 516 g/mol. The van der Waals surface area contributed by atoms with Crippen LogP contribution in [0.25, 0.3) is 0 Å². The van der Waals surface area contributed by atoms with Crippen molar-refractivity contribution in [1.29, 1.82) is 0 Å². The van der Waals surface area contributed by atoms with Crippen molar-refractivity contribution in [3.8, 4) is 0 Å². The van der Waals surface area contributed by atoms with E-state index in [-0.39, 0.29) is 18.7 Å². The fourth-order valence-corrected chi connectivity index (χ4v) is 3.99. The van der Waals surface area contributed by atoms with E-state index in [1.54, 1.807) is 7.11 Å². The van der Waals surface area contributed by atoms with Crippen LogP contribution in [-0.2, 0) is 25.5 Å². The fraction of sp³-hybridized carbons (Fsp3) is 0.828. The number of halogens is 1. The first-order chi connectivity index (χ1) is 16.8. The summed E-state index contributed by atoms with van der Waals surface area (Å²) in [6.45, 7) is 8.07. The number of unbranched alkanes of at least 4 members (excludes halogenated alkanes) is 10. The Morgan fingerprint density at radius 2 is 1.43 bits per heavy atom. The minimum absolute atomic E-state index is 0. The van der Waals surface area contributed by atoms with Crippen LogP contribution in [0.3, 0.4) is 0 Å². The van der Waals surface area contributed by atoms with Gasteiger partial charge in [0.15, 0.2) is 25.2 Å². The number of methoxy groups -OCH3 is 1. The Kier molecular flexibility index (Phi) is 25.8. The van der Waals surface area contributed by atoms with Gasteiger partial charge in [-0.2, -0.15) is 0 Å². The van der Waals surface area contributed by atoms with Crippen LogP contribution in [0.1, 0.15) is 104 Å². The summed E-state index contributed by atoms with van der Waals surface area (Å²) in [5, 5.41) is 0. The lowest BCUT2D eigenvalue weighted by atomic mass is 10.0. The third kappa shape index (κ3) is 21.1. The van der Waals surface area contributed by atoms with Gasteiger partial charge in [-0.25, -0.2) is 4.57 Å². The highest BCUT2D eigenvalue weighted by molar-refractivity contribution is 4.83. The molecule has 0 aliphatic carbocycles. The van der Waals surface area contributed by atoms with Gasteiger partial charge in [-0.1, -0.05) is 90.5 Å². The number of hydrogen-bond acceptors (Lipinski definition) is 4. The summed E-state index contributed by atoms with van der Waals surface area (Å²) < 4.78 is 23.5. The molecule has 0 saturated carbocycles. The van der Waals surface area contributed by atoms with Gasteiger partial charge in [0.1, 0.15) is 6.61 Å². The van der Waals surface area contributed by atoms with Gasteiger partial charge < -0.3 is 31.4 Å². The fourth-order valence-electron chi connectivity index (χ4n) is 3.99. The summed E-state index contributed by atoms with van der Waals surface area (Å²) in [5.41, 5.74) is 0. The van der Waals surface area contributed by atoms with Crippen molar-refractivity contribution in [3.05, 3.63) is 30.6 Å². The molecule has 2 atom stereocenters. The molecule has 0 amide bonds. The molecule has 206 valence electrons. The van der Waals surface area contributed by atoms with Gasteiger partial charge in [0.05, 0.1) is 19.3 Å². The van der Waals surface area contributed by atoms with Gasteiger partial charge in [-0.3, -0.25) is 0 Å². The maximum atomic E-state index is 5.48. The predicted octanol–water partition coefficient (Wildman–Crippen LogP) is 3.87. The van der Waals surface area contributed by atoms with Crippen LogP contribution in [0.5, 0.6) is 0 Å². The molecule has 1 aromatic heterocycles. The van der Waals surface area contributed by atoms with E-state index in [1.807, 2.05) is 37.5 Å². The molecular formula is C29H54ClNO4. The molecule has 1 aromatic rings. The second-order valence-corrected chi connectivity index (χ2v) is 9.28. The SMILES string of the molecule is CCC(OC)OCCOCC[n+]1ccccc1.CCCCCCCCCCCCCC1CCO1.[Cl-]. The first kappa shape index (κ1) is 34.3. The largest absolute Gasteiger partial charge is 1.00 e. The summed E-state index contributed by atoms with van der Waals surface area (Å²) >= 11 is 0. The second-order valence-electron chi connectivity index (χ2n) is 9.28. The lowest BCUT2D eigenvalue weighted by Gasteiger charge is -2.26. The second kappa shape index (κ2) is 26.3. The summed E-state index contributed by atoms with van der Waals surface area (Å²) in [6, 6.07) is 6.02. The molecule has 0 aromatic carbocycles. The summed E-state index contributed by atoms with van der Waals surface area (Å²) in [6.07, 6.45) is 23.9. The Bertz CT molecular complexity index is 527. The van der Waals surface area contributed by atoms with Gasteiger partial charge in [-0.05, 0) is 19.3 Å². The van der Waals surface area contributed by atoms with Crippen molar-refractivity contribution in [3.63, 3.8) is 0 Å². The molecule has 5 nitrogen and oxygen atoms in total. The Hall–Kier alpha value is -0.720. The van der Waals surface area contributed by atoms with Gasteiger partial charge in [0.25, 0.3) is 0 Å². The van der Waals surface area contributed by atoms with Crippen molar-refractivity contribution >= 4 is 0 Å². The van der Waals surface area contributed by atoms with Gasteiger partial charge in [-0.15, -0.1) is 0 Å². The number of nitrogens with zero attached hydrogens (tertiary/aromatic N) is 1. The Morgan fingerprint density at radius 3 is 1.94 bits per heavy atom. The van der Waals surface area contributed by atoms with Crippen molar-refractivity contribution in [2.45, 2.75) is 123 Å². The molecular weight excluding hydrogens is 462 g/mol. The maximum Gasteiger partial charge on any atom is 0.171 e. The molecule has 2 rings (SSSR count). The molecule has 1 fully saturated rings. The van der Waals surface area contributed by atoms with Crippen LogP contribution in [0.4, 0.5) is 0 Å². The molecule has 0 bridgehead atoms. The maximum absolute atomic E-state index is 5.48. The molecule has 1 aliphatic rings. The lowest BCUT2D eigenvalue weighted by molar-refractivity contribution is -0.698. The standard InChI is InChI=1S/C16H32O.C13H22NO3.ClH/c1-2-3-4-5-6-7-8-9-10-11-12-13-16-14-15-17-16;1-3-13(15-2)17-12-11-16-10-9-14-7-5-4-6-8-14;/h16H,2-15H2,1H3;4-8,13H,3,9-12H2,1-2H3;1H/q;+1;/p-1. The van der Waals surface area contributed by atoms with Crippen molar-refractivity contribution in [1.82, 2.24) is 0 Å². The van der Waals surface area contributed by atoms with Crippen LogP contribution in [0.2, 0.25) is 0 Å². The Morgan fingerprint density at radius 1 is 0.829 bits per heavy atom. The number of rotatable bonds is 21. The average Bonchev–Trinajstić information content (AvgIpc) is 2.84. The van der Waals surface area contributed by atoms with Crippen LogP contribution < -0.4 is 17.0 Å². The lowest BCUT2D eigenvalue weighted by Crippen LogP contribution is -3.00. The van der Waals surface area contributed by atoms with E-state index in [0.29, 0.717) is 25.9 Å². The molecule has 2 unspecified atom stereocenters. The van der Waals surface area contributed by atoms with Crippen LogP contribution >= 0.6 is 0 Å². The van der Waals surface area contributed by atoms with E-state index < -0.39 is 0 Å². The third-order valence-electron chi connectivity index (χ3n) is 6.32. The normalized spacial score (nSPS) is 15.5. The van der Waals surface area contributed by atoms with E-state index in [0.717, 1.165) is 19.6 Å². The molecule has 1 aliphatic heterocycles. The zero-order chi connectivity index (χ0) is 24.5. The topological polar surface area (TPSA) is 40.8 Å². The van der Waals surface area contributed by atoms with Crippen molar-refractivity contribution in [2.24, 2.45) is 0 Å². The first-order valence-corrected chi connectivity index (χ1v) is 14.1. The third-order valence-corrected chi connectivity index (χ3v) is 6.32. The monoisotopic (exact) mass is 515 g/mol.